The molecule has 0 amide bonds. The Labute approximate surface area is 109 Å². The van der Waals surface area contributed by atoms with Crippen LogP contribution < -0.4 is 0 Å². The van der Waals surface area contributed by atoms with Gasteiger partial charge < -0.3 is 4.42 Å². The molecule has 0 aliphatic heterocycles. The van der Waals surface area contributed by atoms with E-state index in [0.29, 0.717) is 21.9 Å². The summed E-state index contributed by atoms with van der Waals surface area (Å²) in [5.74, 6) is 0.593. The van der Waals surface area contributed by atoms with Gasteiger partial charge in [0.2, 0.25) is 0 Å². The third kappa shape index (κ3) is 1.66. The topological polar surface area (TPSA) is 36.9 Å². The summed E-state index contributed by atoms with van der Waals surface area (Å²) in [5, 5.41) is 10.7. The Morgan fingerprint density at radius 1 is 1.06 bits per heavy atom. The van der Waals surface area contributed by atoms with E-state index in [9.17, 15) is 5.26 Å². The number of hydrogen-bond donors (Lipinski definition) is 0. The smallest absolute Gasteiger partial charge is 0.153 e. The molecule has 0 fully saturated rings. The zero-order valence-electron chi connectivity index (χ0n) is 9.35. The molecule has 0 radical (unpaired) electrons. The van der Waals surface area contributed by atoms with Gasteiger partial charge in [-0.25, -0.2) is 0 Å². The molecule has 1 heterocycles. The van der Waals surface area contributed by atoms with Gasteiger partial charge in [0.15, 0.2) is 5.76 Å². The Morgan fingerprint density at radius 3 is 2.56 bits per heavy atom. The van der Waals surface area contributed by atoms with Crippen LogP contribution in [0.15, 0.2) is 52.9 Å². The maximum absolute atomic E-state index is 9.30. The maximum atomic E-state index is 9.30. The van der Waals surface area contributed by atoms with Crippen LogP contribution in [-0.4, -0.2) is 0 Å². The van der Waals surface area contributed by atoms with E-state index >= 15 is 0 Å². The van der Waals surface area contributed by atoms with Gasteiger partial charge in [0.05, 0.1) is 0 Å². The number of hydrogen-bond acceptors (Lipinski definition) is 2. The summed E-state index contributed by atoms with van der Waals surface area (Å²) < 4.78 is 5.75. The van der Waals surface area contributed by atoms with E-state index in [0.717, 1.165) is 10.9 Å². The van der Waals surface area contributed by atoms with Crippen LogP contribution in [0.3, 0.4) is 0 Å². The van der Waals surface area contributed by atoms with E-state index in [2.05, 4.69) is 6.07 Å². The van der Waals surface area contributed by atoms with E-state index in [1.807, 2.05) is 30.3 Å². The Hall–Kier alpha value is -2.24. The molecular formula is C15H8ClNO. The number of nitrogens with zero attached hydrogens (tertiary/aromatic N) is 1. The standard InChI is InChI=1S/C15H8ClNO/c16-11-6-7-14-12(8-11)13(9-17)15(18-14)10-4-2-1-3-5-10/h1-8H. The molecule has 3 aromatic rings. The molecular weight excluding hydrogens is 246 g/mol. The fraction of sp³-hybridized carbons (Fsp3) is 0. The lowest BCUT2D eigenvalue weighted by atomic mass is 10.1. The Bertz CT molecular complexity index is 753. The summed E-state index contributed by atoms with van der Waals surface area (Å²) >= 11 is 5.95. The summed E-state index contributed by atoms with van der Waals surface area (Å²) in [5.41, 5.74) is 2.09. The highest BCUT2D eigenvalue weighted by Crippen LogP contribution is 2.34. The van der Waals surface area contributed by atoms with Crippen molar-refractivity contribution in [2.75, 3.05) is 0 Å². The van der Waals surface area contributed by atoms with Crippen molar-refractivity contribution < 1.29 is 4.42 Å². The third-order valence-corrected chi connectivity index (χ3v) is 3.03. The monoisotopic (exact) mass is 253 g/mol. The number of furan rings is 1. The minimum atomic E-state index is 0.527. The van der Waals surface area contributed by atoms with E-state index in [1.54, 1.807) is 18.2 Å². The minimum Gasteiger partial charge on any atom is -0.455 e. The van der Waals surface area contributed by atoms with Gasteiger partial charge >= 0.3 is 0 Å². The Morgan fingerprint density at radius 2 is 1.83 bits per heavy atom. The van der Waals surface area contributed by atoms with Gasteiger partial charge in [-0.05, 0) is 18.2 Å². The van der Waals surface area contributed by atoms with Crippen LogP contribution in [-0.2, 0) is 0 Å². The first-order chi connectivity index (χ1) is 8.79. The Kier molecular flexibility index (Phi) is 2.55. The predicted molar refractivity (Wildman–Crippen MR) is 71.4 cm³/mol. The first-order valence-electron chi connectivity index (χ1n) is 5.47. The van der Waals surface area contributed by atoms with Crippen molar-refractivity contribution in [3.8, 4) is 17.4 Å². The van der Waals surface area contributed by atoms with Crippen molar-refractivity contribution in [2.24, 2.45) is 0 Å². The van der Waals surface area contributed by atoms with Crippen LogP contribution in [0.4, 0.5) is 0 Å². The lowest BCUT2D eigenvalue weighted by molar-refractivity contribution is 0.630. The largest absolute Gasteiger partial charge is 0.455 e. The van der Waals surface area contributed by atoms with Crippen LogP contribution in [0.5, 0.6) is 0 Å². The molecule has 0 N–H and O–H groups in total. The predicted octanol–water partition coefficient (Wildman–Crippen LogP) is 4.62. The number of nitriles is 1. The molecule has 0 atom stereocenters. The summed E-state index contributed by atoms with van der Waals surface area (Å²) in [4.78, 5) is 0. The molecule has 3 rings (SSSR count). The van der Waals surface area contributed by atoms with Crippen molar-refractivity contribution >= 4 is 22.6 Å². The number of fused-ring (bicyclic) bond motifs is 1. The van der Waals surface area contributed by atoms with E-state index in [1.165, 1.54) is 0 Å². The molecule has 0 unspecified atom stereocenters. The van der Waals surface area contributed by atoms with Crippen LogP contribution in [0.2, 0.25) is 5.02 Å². The third-order valence-electron chi connectivity index (χ3n) is 2.80. The molecule has 1 aromatic heterocycles. The van der Waals surface area contributed by atoms with Gasteiger partial charge in [0.1, 0.15) is 17.2 Å². The van der Waals surface area contributed by atoms with Gasteiger partial charge in [-0.15, -0.1) is 0 Å². The van der Waals surface area contributed by atoms with Crippen molar-refractivity contribution in [2.45, 2.75) is 0 Å². The number of rotatable bonds is 1. The molecule has 0 aliphatic carbocycles. The fourth-order valence-corrected chi connectivity index (χ4v) is 2.15. The van der Waals surface area contributed by atoms with Crippen molar-refractivity contribution in [1.29, 1.82) is 5.26 Å². The first-order valence-corrected chi connectivity index (χ1v) is 5.85. The SMILES string of the molecule is N#Cc1c(-c2ccccc2)oc2ccc(Cl)cc12. The van der Waals surface area contributed by atoms with Crippen molar-refractivity contribution in [3.63, 3.8) is 0 Å². The molecule has 3 heteroatoms. The molecule has 0 spiro atoms. The molecule has 0 saturated carbocycles. The zero-order valence-corrected chi connectivity index (χ0v) is 10.1. The lowest BCUT2D eigenvalue weighted by Crippen LogP contribution is -1.77. The second-order valence-electron chi connectivity index (χ2n) is 3.92. The van der Waals surface area contributed by atoms with Crippen LogP contribution in [0.25, 0.3) is 22.3 Å². The minimum absolute atomic E-state index is 0.527. The lowest BCUT2D eigenvalue weighted by Gasteiger charge is -1.95. The second kappa shape index (κ2) is 4.21. The number of halogens is 1. The molecule has 2 nitrogen and oxygen atoms in total. The van der Waals surface area contributed by atoms with Crippen LogP contribution >= 0.6 is 11.6 Å². The summed E-state index contributed by atoms with van der Waals surface area (Å²) in [6, 6.07) is 17.1. The Balaban J connectivity index is 2.34. The average Bonchev–Trinajstić information content (AvgIpc) is 2.77. The molecule has 0 saturated heterocycles. The van der Waals surface area contributed by atoms with Gasteiger partial charge in [-0.2, -0.15) is 5.26 Å². The maximum Gasteiger partial charge on any atom is 0.153 e. The quantitative estimate of drug-likeness (QED) is 0.634. The highest BCUT2D eigenvalue weighted by Gasteiger charge is 2.15. The average molecular weight is 254 g/mol. The van der Waals surface area contributed by atoms with Crippen molar-refractivity contribution in [3.05, 3.63) is 59.1 Å². The van der Waals surface area contributed by atoms with E-state index in [4.69, 9.17) is 16.0 Å². The zero-order chi connectivity index (χ0) is 12.5. The molecule has 0 aliphatic rings. The first kappa shape index (κ1) is 10.9. The molecule has 0 bridgehead atoms. The van der Waals surface area contributed by atoms with E-state index in [-0.39, 0.29) is 0 Å². The van der Waals surface area contributed by atoms with E-state index < -0.39 is 0 Å². The number of benzene rings is 2. The van der Waals surface area contributed by atoms with Gasteiger partial charge in [-0.1, -0.05) is 41.9 Å². The highest BCUT2D eigenvalue weighted by atomic mass is 35.5. The van der Waals surface area contributed by atoms with Crippen molar-refractivity contribution in [1.82, 2.24) is 0 Å². The van der Waals surface area contributed by atoms with Gasteiger partial charge in [-0.3, -0.25) is 0 Å². The summed E-state index contributed by atoms with van der Waals surface area (Å²) in [6.45, 7) is 0. The second-order valence-corrected chi connectivity index (χ2v) is 4.36. The molecule has 18 heavy (non-hydrogen) atoms. The van der Waals surface area contributed by atoms with Gasteiger partial charge in [0.25, 0.3) is 0 Å². The van der Waals surface area contributed by atoms with Crippen LogP contribution in [0.1, 0.15) is 5.56 Å². The van der Waals surface area contributed by atoms with Gasteiger partial charge in [0, 0.05) is 16.0 Å². The molecule has 86 valence electrons. The summed E-state index contributed by atoms with van der Waals surface area (Å²) in [7, 11) is 0. The van der Waals surface area contributed by atoms with Crippen LogP contribution in [0, 0.1) is 11.3 Å². The normalized spacial score (nSPS) is 10.4. The molecule has 2 aromatic carbocycles. The fourth-order valence-electron chi connectivity index (χ4n) is 1.97. The summed E-state index contributed by atoms with van der Waals surface area (Å²) in [6.07, 6.45) is 0. The highest BCUT2D eigenvalue weighted by molar-refractivity contribution is 6.31.